The predicted octanol–water partition coefficient (Wildman–Crippen LogP) is 2.91. The van der Waals surface area contributed by atoms with Crippen LogP contribution in [-0.2, 0) is 13.1 Å². The molecule has 0 atom stereocenters. The first-order valence-corrected chi connectivity index (χ1v) is 6.14. The van der Waals surface area contributed by atoms with Gasteiger partial charge in [-0.2, -0.15) is 4.98 Å². The van der Waals surface area contributed by atoms with Gasteiger partial charge in [0.2, 0.25) is 5.89 Å². The van der Waals surface area contributed by atoms with Crippen molar-refractivity contribution in [2.24, 2.45) is 0 Å². The Morgan fingerprint density at radius 2 is 1.86 bits per heavy atom. The summed E-state index contributed by atoms with van der Waals surface area (Å²) in [6.45, 7) is 2.72. The van der Waals surface area contributed by atoms with Crippen LogP contribution < -0.4 is 4.74 Å². The molecule has 0 radical (unpaired) electrons. The summed E-state index contributed by atoms with van der Waals surface area (Å²) >= 11 is 0. The van der Waals surface area contributed by atoms with Crippen molar-refractivity contribution in [1.82, 2.24) is 15.0 Å². The molecule has 0 N–H and O–H groups in total. The van der Waals surface area contributed by atoms with E-state index in [2.05, 4.69) is 14.9 Å². The van der Waals surface area contributed by atoms with Crippen molar-refractivity contribution in [3.05, 3.63) is 41.5 Å². The predicted molar refractivity (Wildman–Crippen MR) is 67.3 cm³/mol. The van der Waals surface area contributed by atoms with Gasteiger partial charge in [0.15, 0.2) is 5.82 Å². The molecule has 0 aliphatic rings. The Balaban J connectivity index is 1.90. The van der Waals surface area contributed by atoms with Crippen molar-refractivity contribution < 1.29 is 22.4 Å². The second-order valence-electron chi connectivity index (χ2n) is 4.60. The van der Waals surface area contributed by atoms with Gasteiger partial charge in [-0.15, -0.1) is 13.2 Å². The maximum absolute atomic E-state index is 12.0. The Morgan fingerprint density at radius 1 is 1.19 bits per heavy atom. The Hall–Kier alpha value is -2.09. The second-order valence-corrected chi connectivity index (χ2v) is 4.60. The van der Waals surface area contributed by atoms with Gasteiger partial charge in [-0.1, -0.05) is 17.3 Å². The van der Waals surface area contributed by atoms with E-state index in [1.54, 1.807) is 19.1 Å². The lowest BCUT2D eigenvalue weighted by Gasteiger charge is -2.15. The zero-order valence-corrected chi connectivity index (χ0v) is 11.5. The Bertz CT molecular complexity index is 581. The summed E-state index contributed by atoms with van der Waals surface area (Å²) < 4.78 is 44.9. The van der Waals surface area contributed by atoms with Gasteiger partial charge in [0.05, 0.1) is 6.54 Å². The number of nitrogens with zero attached hydrogens (tertiary/aromatic N) is 3. The number of halogens is 3. The number of hydrogen-bond donors (Lipinski definition) is 0. The van der Waals surface area contributed by atoms with Crippen molar-refractivity contribution in [2.75, 3.05) is 7.05 Å². The van der Waals surface area contributed by atoms with Gasteiger partial charge in [0.1, 0.15) is 5.75 Å². The van der Waals surface area contributed by atoms with Crippen LogP contribution in [0.4, 0.5) is 13.2 Å². The summed E-state index contributed by atoms with van der Waals surface area (Å²) in [6.07, 6.45) is -4.67. The average Bonchev–Trinajstić information content (AvgIpc) is 2.75. The summed E-state index contributed by atoms with van der Waals surface area (Å²) in [4.78, 5) is 5.99. The smallest absolute Gasteiger partial charge is 0.406 e. The van der Waals surface area contributed by atoms with E-state index in [-0.39, 0.29) is 5.75 Å². The third-order valence-electron chi connectivity index (χ3n) is 2.58. The van der Waals surface area contributed by atoms with E-state index >= 15 is 0 Å². The molecule has 1 aromatic carbocycles. The fraction of sp³-hybridized carbons (Fsp3) is 0.385. The van der Waals surface area contributed by atoms with Crippen LogP contribution in [0.5, 0.6) is 5.75 Å². The van der Waals surface area contributed by atoms with E-state index in [0.29, 0.717) is 24.8 Å². The largest absolute Gasteiger partial charge is 0.573 e. The molecule has 0 unspecified atom stereocenters. The van der Waals surface area contributed by atoms with Gasteiger partial charge in [-0.25, -0.2) is 0 Å². The number of ether oxygens (including phenoxy) is 1. The molecule has 0 saturated heterocycles. The average molecular weight is 301 g/mol. The summed E-state index contributed by atoms with van der Waals surface area (Å²) in [7, 11) is 1.85. The van der Waals surface area contributed by atoms with Gasteiger partial charge >= 0.3 is 6.36 Å². The Morgan fingerprint density at radius 3 is 2.38 bits per heavy atom. The molecule has 1 heterocycles. The van der Waals surface area contributed by atoms with Crippen molar-refractivity contribution in [2.45, 2.75) is 26.4 Å². The molecule has 0 saturated carbocycles. The minimum atomic E-state index is -4.67. The van der Waals surface area contributed by atoms with Crippen LogP contribution in [0.3, 0.4) is 0 Å². The van der Waals surface area contributed by atoms with E-state index in [1.807, 2.05) is 11.9 Å². The molecule has 8 heteroatoms. The van der Waals surface area contributed by atoms with Gasteiger partial charge in [0.25, 0.3) is 0 Å². The Labute approximate surface area is 119 Å². The van der Waals surface area contributed by atoms with E-state index in [0.717, 1.165) is 5.56 Å². The zero-order chi connectivity index (χ0) is 15.5. The summed E-state index contributed by atoms with van der Waals surface area (Å²) in [5, 5.41) is 3.69. The van der Waals surface area contributed by atoms with Crippen LogP contribution in [-0.4, -0.2) is 28.5 Å². The van der Waals surface area contributed by atoms with Crippen LogP contribution in [0, 0.1) is 6.92 Å². The van der Waals surface area contributed by atoms with Crippen molar-refractivity contribution in [3.63, 3.8) is 0 Å². The van der Waals surface area contributed by atoms with Crippen LogP contribution >= 0.6 is 0 Å². The van der Waals surface area contributed by atoms with Crippen LogP contribution in [0.2, 0.25) is 0 Å². The van der Waals surface area contributed by atoms with Gasteiger partial charge in [-0.05, 0) is 31.7 Å². The molecule has 2 rings (SSSR count). The number of rotatable bonds is 5. The molecule has 0 aliphatic heterocycles. The number of hydrogen-bond acceptors (Lipinski definition) is 5. The molecule has 114 valence electrons. The molecule has 21 heavy (non-hydrogen) atoms. The summed E-state index contributed by atoms with van der Waals surface area (Å²) in [6, 6.07) is 5.73. The van der Waals surface area contributed by atoms with Crippen molar-refractivity contribution >= 4 is 0 Å². The first-order chi connectivity index (χ1) is 9.82. The van der Waals surface area contributed by atoms with E-state index in [4.69, 9.17) is 4.52 Å². The number of benzene rings is 1. The summed E-state index contributed by atoms with van der Waals surface area (Å²) in [5.41, 5.74) is 0.850. The number of aryl methyl sites for hydroxylation is 1. The quantitative estimate of drug-likeness (QED) is 0.850. The van der Waals surface area contributed by atoms with Crippen LogP contribution in [0.1, 0.15) is 17.3 Å². The summed E-state index contributed by atoms with van der Waals surface area (Å²) in [5.74, 6) is 0.820. The molecule has 0 bridgehead atoms. The third-order valence-corrected chi connectivity index (χ3v) is 2.58. The minimum absolute atomic E-state index is 0.235. The van der Waals surface area contributed by atoms with E-state index < -0.39 is 6.36 Å². The number of aromatic nitrogens is 2. The van der Waals surface area contributed by atoms with Gasteiger partial charge in [0, 0.05) is 6.54 Å². The van der Waals surface area contributed by atoms with Crippen LogP contribution in [0.25, 0.3) is 0 Å². The molecule has 0 spiro atoms. The SMILES string of the molecule is Cc1noc(CN(C)Cc2ccc(OC(F)(F)F)cc2)n1. The highest BCUT2D eigenvalue weighted by molar-refractivity contribution is 5.27. The zero-order valence-electron chi connectivity index (χ0n) is 11.5. The van der Waals surface area contributed by atoms with Gasteiger partial charge in [-0.3, -0.25) is 4.90 Å². The standard InChI is InChI=1S/C13H14F3N3O2/c1-9-17-12(21-18-9)8-19(2)7-10-3-5-11(6-4-10)20-13(14,15)16/h3-6H,7-8H2,1-2H3. The fourth-order valence-corrected chi connectivity index (χ4v) is 1.80. The molecule has 1 aromatic heterocycles. The molecule has 0 amide bonds. The highest BCUT2D eigenvalue weighted by Crippen LogP contribution is 2.23. The third kappa shape index (κ3) is 5.07. The monoisotopic (exact) mass is 301 g/mol. The van der Waals surface area contributed by atoms with Crippen LogP contribution in [0.15, 0.2) is 28.8 Å². The molecule has 0 fully saturated rings. The highest BCUT2D eigenvalue weighted by Gasteiger charge is 2.30. The molecular formula is C13H14F3N3O2. The lowest BCUT2D eigenvalue weighted by Crippen LogP contribution is -2.18. The van der Waals surface area contributed by atoms with Crippen molar-refractivity contribution in [1.29, 1.82) is 0 Å². The molecule has 0 aliphatic carbocycles. The topological polar surface area (TPSA) is 51.4 Å². The lowest BCUT2D eigenvalue weighted by molar-refractivity contribution is -0.274. The molecule has 2 aromatic rings. The maximum Gasteiger partial charge on any atom is 0.573 e. The Kier molecular flexibility index (Phi) is 4.46. The highest BCUT2D eigenvalue weighted by atomic mass is 19.4. The second kappa shape index (κ2) is 6.13. The lowest BCUT2D eigenvalue weighted by atomic mass is 10.2. The minimum Gasteiger partial charge on any atom is -0.406 e. The fourth-order valence-electron chi connectivity index (χ4n) is 1.80. The number of alkyl halides is 3. The molecular weight excluding hydrogens is 287 g/mol. The first-order valence-electron chi connectivity index (χ1n) is 6.14. The first kappa shape index (κ1) is 15.3. The van der Waals surface area contributed by atoms with Crippen molar-refractivity contribution in [3.8, 4) is 5.75 Å². The van der Waals surface area contributed by atoms with Gasteiger partial charge < -0.3 is 9.26 Å². The molecule has 5 nitrogen and oxygen atoms in total. The maximum atomic E-state index is 12.0. The van der Waals surface area contributed by atoms with E-state index in [9.17, 15) is 13.2 Å². The van der Waals surface area contributed by atoms with E-state index in [1.165, 1.54) is 12.1 Å². The normalized spacial score (nSPS) is 11.9.